The zero-order chi connectivity index (χ0) is 21.8. The smallest absolute Gasteiger partial charge is 0.292 e. The lowest BCUT2D eigenvalue weighted by molar-refractivity contribution is -0.383. The van der Waals surface area contributed by atoms with Gasteiger partial charge in [-0.15, -0.1) is 10.2 Å². The SMILES string of the molecule is C[C@H](Nc1cccc(-c2nnc3n2CCCCC3)c1)C(=O)Nc1ccccc1[N+](=O)[O-]. The van der Waals surface area contributed by atoms with Gasteiger partial charge >= 0.3 is 0 Å². The fraction of sp³-hybridized carbons (Fsp3) is 0.318. The molecule has 1 atom stereocenters. The number of fused-ring (bicyclic) bond motifs is 1. The molecule has 2 N–H and O–H groups in total. The lowest BCUT2D eigenvalue weighted by Crippen LogP contribution is -2.32. The minimum atomic E-state index is -0.606. The van der Waals surface area contributed by atoms with Crippen molar-refractivity contribution in [3.63, 3.8) is 0 Å². The van der Waals surface area contributed by atoms with E-state index in [4.69, 9.17) is 0 Å². The van der Waals surface area contributed by atoms with Gasteiger partial charge in [0.15, 0.2) is 5.82 Å². The maximum absolute atomic E-state index is 12.6. The Morgan fingerprint density at radius 1 is 1.13 bits per heavy atom. The van der Waals surface area contributed by atoms with Crippen molar-refractivity contribution in [2.45, 2.75) is 45.2 Å². The summed E-state index contributed by atoms with van der Waals surface area (Å²) in [4.78, 5) is 23.3. The van der Waals surface area contributed by atoms with Crippen molar-refractivity contribution in [1.29, 1.82) is 0 Å². The second kappa shape index (κ2) is 8.95. The lowest BCUT2D eigenvalue weighted by Gasteiger charge is -2.16. The highest BCUT2D eigenvalue weighted by molar-refractivity contribution is 5.98. The van der Waals surface area contributed by atoms with Crippen LogP contribution in [0.1, 0.15) is 32.0 Å². The summed E-state index contributed by atoms with van der Waals surface area (Å²) in [6, 6.07) is 13.2. The summed E-state index contributed by atoms with van der Waals surface area (Å²) < 4.78 is 2.18. The first-order valence-electron chi connectivity index (χ1n) is 10.4. The van der Waals surface area contributed by atoms with Crippen molar-refractivity contribution in [2.75, 3.05) is 10.6 Å². The Hall–Kier alpha value is -3.75. The summed E-state index contributed by atoms with van der Waals surface area (Å²) in [5.41, 5.74) is 1.72. The first-order valence-corrected chi connectivity index (χ1v) is 10.4. The highest BCUT2D eigenvalue weighted by Gasteiger charge is 2.20. The van der Waals surface area contributed by atoms with Gasteiger partial charge in [0, 0.05) is 30.3 Å². The number of aryl methyl sites for hydroxylation is 1. The molecule has 0 spiro atoms. The number of carbonyl (C=O) groups excluding carboxylic acids is 1. The van der Waals surface area contributed by atoms with Gasteiger partial charge < -0.3 is 15.2 Å². The Morgan fingerprint density at radius 3 is 2.81 bits per heavy atom. The van der Waals surface area contributed by atoms with E-state index in [1.165, 1.54) is 18.6 Å². The van der Waals surface area contributed by atoms with Gasteiger partial charge in [-0.1, -0.05) is 30.7 Å². The highest BCUT2D eigenvalue weighted by Crippen LogP contribution is 2.26. The minimum absolute atomic E-state index is 0.141. The van der Waals surface area contributed by atoms with Gasteiger partial charge in [0.1, 0.15) is 17.6 Å². The number of nitro groups is 1. The van der Waals surface area contributed by atoms with Crippen LogP contribution in [0.5, 0.6) is 0 Å². The predicted molar refractivity (Wildman–Crippen MR) is 118 cm³/mol. The highest BCUT2D eigenvalue weighted by atomic mass is 16.6. The normalized spacial score (nSPS) is 14.2. The molecule has 1 aliphatic heterocycles. The number of amides is 1. The standard InChI is InChI=1S/C22H24N6O3/c1-15(22(29)24-18-10-4-5-11-19(18)28(30)31)23-17-9-7-8-16(14-17)21-26-25-20-12-3-2-6-13-27(20)21/h4-5,7-11,14-15,23H,2-3,6,12-13H2,1H3,(H,24,29)/t15-/m0/s1. The van der Waals surface area contributed by atoms with E-state index in [1.54, 1.807) is 19.1 Å². The number of para-hydroxylation sites is 2. The van der Waals surface area contributed by atoms with Crippen molar-refractivity contribution in [3.05, 3.63) is 64.5 Å². The van der Waals surface area contributed by atoms with E-state index in [1.807, 2.05) is 24.3 Å². The monoisotopic (exact) mass is 420 g/mol. The van der Waals surface area contributed by atoms with Crippen molar-refractivity contribution in [2.24, 2.45) is 0 Å². The summed E-state index contributed by atoms with van der Waals surface area (Å²) in [6.07, 6.45) is 4.37. The van der Waals surface area contributed by atoms with Gasteiger partial charge in [0.25, 0.3) is 5.69 Å². The summed E-state index contributed by atoms with van der Waals surface area (Å²) in [5.74, 6) is 1.48. The Bertz CT molecular complexity index is 1110. The van der Waals surface area contributed by atoms with Crippen LogP contribution in [0.2, 0.25) is 0 Å². The van der Waals surface area contributed by atoms with E-state index in [0.717, 1.165) is 48.7 Å². The molecule has 0 fully saturated rings. The molecular weight excluding hydrogens is 396 g/mol. The predicted octanol–water partition coefficient (Wildman–Crippen LogP) is 4.02. The molecule has 0 saturated heterocycles. The number of rotatable bonds is 6. The Balaban J connectivity index is 1.49. The molecule has 1 aromatic heterocycles. The quantitative estimate of drug-likeness (QED) is 0.460. The Labute approximate surface area is 179 Å². The van der Waals surface area contributed by atoms with E-state index in [0.29, 0.717) is 0 Å². The molecule has 2 aromatic carbocycles. The van der Waals surface area contributed by atoms with Crippen LogP contribution in [-0.4, -0.2) is 31.6 Å². The van der Waals surface area contributed by atoms with Gasteiger partial charge in [-0.3, -0.25) is 14.9 Å². The summed E-state index contributed by atoms with van der Waals surface area (Å²) in [7, 11) is 0. The number of nitrogens with zero attached hydrogens (tertiary/aromatic N) is 4. The number of hydrogen-bond acceptors (Lipinski definition) is 6. The zero-order valence-electron chi connectivity index (χ0n) is 17.2. The first-order chi connectivity index (χ1) is 15.0. The molecule has 0 radical (unpaired) electrons. The molecule has 9 nitrogen and oxygen atoms in total. The molecule has 1 aliphatic rings. The summed E-state index contributed by atoms with van der Waals surface area (Å²) in [5, 5.41) is 25.7. The van der Waals surface area contributed by atoms with Crippen LogP contribution in [0.4, 0.5) is 17.1 Å². The first kappa shape index (κ1) is 20.5. The number of nitrogens with one attached hydrogen (secondary N) is 2. The third-order valence-electron chi connectivity index (χ3n) is 5.37. The van der Waals surface area contributed by atoms with Crippen LogP contribution in [-0.2, 0) is 17.8 Å². The molecule has 1 amide bonds. The maximum Gasteiger partial charge on any atom is 0.292 e. The molecule has 2 heterocycles. The van der Waals surface area contributed by atoms with Crippen LogP contribution in [0.25, 0.3) is 11.4 Å². The average Bonchev–Trinajstić information content (AvgIpc) is 3.02. The molecular formula is C22H24N6O3. The molecule has 9 heteroatoms. The van der Waals surface area contributed by atoms with Crippen LogP contribution in [0, 0.1) is 10.1 Å². The number of aromatic nitrogens is 3. The number of nitro benzene ring substituents is 1. The van der Waals surface area contributed by atoms with Crippen molar-refractivity contribution >= 4 is 23.0 Å². The molecule has 31 heavy (non-hydrogen) atoms. The molecule has 0 bridgehead atoms. The molecule has 160 valence electrons. The van der Waals surface area contributed by atoms with Crippen LogP contribution >= 0.6 is 0 Å². The Kier molecular flexibility index (Phi) is 5.92. The number of anilines is 2. The average molecular weight is 420 g/mol. The van der Waals surface area contributed by atoms with E-state index < -0.39 is 11.0 Å². The molecule has 4 rings (SSSR count). The van der Waals surface area contributed by atoms with E-state index in [2.05, 4.69) is 25.4 Å². The van der Waals surface area contributed by atoms with Gasteiger partial charge in [-0.25, -0.2) is 0 Å². The topological polar surface area (TPSA) is 115 Å². The second-order valence-corrected chi connectivity index (χ2v) is 7.61. The number of benzene rings is 2. The lowest BCUT2D eigenvalue weighted by atomic mass is 10.1. The van der Waals surface area contributed by atoms with Gasteiger partial charge in [-0.2, -0.15) is 0 Å². The van der Waals surface area contributed by atoms with Crippen LogP contribution in [0.15, 0.2) is 48.5 Å². The van der Waals surface area contributed by atoms with Gasteiger partial charge in [0.2, 0.25) is 5.91 Å². The Morgan fingerprint density at radius 2 is 1.97 bits per heavy atom. The minimum Gasteiger partial charge on any atom is -0.374 e. The van der Waals surface area contributed by atoms with Crippen molar-refractivity contribution < 1.29 is 9.72 Å². The van der Waals surface area contributed by atoms with Crippen LogP contribution < -0.4 is 10.6 Å². The summed E-state index contributed by atoms with van der Waals surface area (Å²) >= 11 is 0. The van der Waals surface area contributed by atoms with Crippen molar-refractivity contribution in [3.8, 4) is 11.4 Å². The second-order valence-electron chi connectivity index (χ2n) is 7.61. The molecule has 0 aliphatic carbocycles. The molecule has 3 aromatic rings. The number of carbonyl (C=O) groups is 1. The van der Waals surface area contributed by atoms with Gasteiger partial charge in [0.05, 0.1) is 4.92 Å². The third-order valence-corrected chi connectivity index (χ3v) is 5.37. The van der Waals surface area contributed by atoms with Gasteiger partial charge in [-0.05, 0) is 38.0 Å². The van der Waals surface area contributed by atoms with Crippen LogP contribution in [0.3, 0.4) is 0 Å². The van der Waals surface area contributed by atoms with E-state index in [-0.39, 0.29) is 17.3 Å². The largest absolute Gasteiger partial charge is 0.374 e. The van der Waals surface area contributed by atoms with Crippen molar-refractivity contribution in [1.82, 2.24) is 14.8 Å². The third kappa shape index (κ3) is 4.55. The van der Waals surface area contributed by atoms with E-state index >= 15 is 0 Å². The molecule has 0 unspecified atom stereocenters. The fourth-order valence-corrected chi connectivity index (χ4v) is 3.74. The van der Waals surface area contributed by atoms with E-state index in [9.17, 15) is 14.9 Å². The fourth-order valence-electron chi connectivity index (χ4n) is 3.74. The molecule has 0 saturated carbocycles. The maximum atomic E-state index is 12.6. The summed E-state index contributed by atoms with van der Waals surface area (Å²) in [6.45, 7) is 2.61. The number of hydrogen-bond donors (Lipinski definition) is 2. The zero-order valence-corrected chi connectivity index (χ0v) is 17.2.